The average Bonchev–Trinajstić information content (AvgIpc) is 2.65. The Morgan fingerprint density at radius 3 is 2.37 bits per heavy atom. The monoisotopic (exact) mass is 397 g/mol. The predicted octanol–water partition coefficient (Wildman–Crippen LogP) is 4.95. The van der Waals surface area contributed by atoms with Crippen molar-refractivity contribution >= 4 is 29.1 Å². The number of nitrogens with one attached hydrogen (secondary N) is 1. The molecule has 1 amide bonds. The molecule has 0 aliphatic heterocycles. The van der Waals surface area contributed by atoms with Crippen LogP contribution in [0.5, 0.6) is 5.75 Å². The minimum atomic E-state index is -4.30. The van der Waals surface area contributed by atoms with Crippen molar-refractivity contribution in [3.63, 3.8) is 0 Å². The van der Waals surface area contributed by atoms with E-state index in [0.717, 1.165) is 0 Å². The molecule has 144 valence electrons. The smallest absolute Gasteiger partial charge is 0.398 e. The Bertz CT molecular complexity index is 792. The number of rotatable bonds is 8. The van der Waals surface area contributed by atoms with Crippen LogP contribution in [-0.2, 0) is 4.79 Å². The molecular formula is C19H18F3NO3S. The molecule has 1 N–H and O–H groups in total. The third kappa shape index (κ3) is 6.97. The summed E-state index contributed by atoms with van der Waals surface area (Å²) in [4.78, 5) is 23.9. The van der Waals surface area contributed by atoms with E-state index in [1.165, 1.54) is 12.1 Å². The lowest BCUT2D eigenvalue weighted by Gasteiger charge is -2.12. The van der Waals surface area contributed by atoms with Crippen molar-refractivity contribution in [2.75, 3.05) is 17.7 Å². The number of hydrogen-bond donors (Lipinski definition) is 1. The van der Waals surface area contributed by atoms with Crippen LogP contribution < -0.4 is 10.1 Å². The minimum Gasteiger partial charge on any atom is -0.484 e. The van der Waals surface area contributed by atoms with Gasteiger partial charge in [0.2, 0.25) is 0 Å². The third-order valence-electron chi connectivity index (χ3n) is 3.42. The van der Waals surface area contributed by atoms with Crippen molar-refractivity contribution in [1.82, 2.24) is 0 Å². The van der Waals surface area contributed by atoms with E-state index in [0.29, 0.717) is 40.1 Å². The molecule has 0 saturated heterocycles. The van der Waals surface area contributed by atoms with E-state index < -0.39 is 17.8 Å². The summed E-state index contributed by atoms with van der Waals surface area (Å²) in [6.07, 6.45) is -3.90. The number of Topliss-reactive ketones (excluding diaryl/α,β-unsaturated/α-hetero) is 1. The first-order valence-electron chi connectivity index (χ1n) is 8.13. The molecule has 0 bridgehead atoms. The van der Waals surface area contributed by atoms with Crippen LogP contribution in [0.4, 0.5) is 18.9 Å². The van der Waals surface area contributed by atoms with Gasteiger partial charge in [-0.3, -0.25) is 9.59 Å². The maximum atomic E-state index is 12.4. The van der Waals surface area contributed by atoms with Gasteiger partial charge in [0, 0.05) is 16.9 Å². The molecule has 0 saturated carbocycles. The first-order chi connectivity index (χ1) is 12.8. The largest absolute Gasteiger partial charge is 0.484 e. The second-order valence-electron chi connectivity index (χ2n) is 5.54. The Hall–Kier alpha value is -2.48. The number of ketones is 1. The van der Waals surface area contributed by atoms with Crippen molar-refractivity contribution in [2.24, 2.45) is 0 Å². The van der Waals surface area contributed by atoms with Gasteiger partial charge >= 0.3 is 6.18 Å². The molecule has 2 rings (SSSR count). The van der Waals surface area contributed by atoms with Crippen LogP contribution in [0.3, 0.4) is 0 Å². The summed E-state index contributed by atoms with van der Waals surface area (Å²) in [6.45, 7) is 1.46. The van der Waals surface area contributed by atoms with Crippen molar-refractivity contribution in [2.45, 2.75) is 24.4 Å². The normalized spacial score (nSPS) is 11.1. The van der Waals surface area contributed by atoms with Crippen LogP contribution in [-0.4, -0.2) is 30.2 Å². The zero-order chi connectivity index (χ0) is 19.9. The first-order valence-corrected chi connectivity index (χ1v) is 9.11. The van der Waals surface area contributed by atoms with E-state index in [2.05, 4.69) is 5.32 Å². The Balaban J connectivity index is 1.91. The van der Waals surface area contributed by atoms with Gasteiger partial charge in [0.15, 0.2) is 12.4 Å². The van der Waals surface area contributed by atoms with E-state index in [9.17, 15) is 22.8 Å². The molecule has 0 atom stereocenters. The number of carbonyl (C=O) groups is 2. The van der Waals surface area contributed by atoms with Gasteiger partial charge < -0.3 is 10.1 Å². The molecule has 0 aliphatic rings. The van der Waals surface area contributed by atoms with E-state index in [1.807, 2.05) is 0 Å². The summed E-state index contributed by atoms with van der Waals surface area (Å²) < 4.78 is 42.5. The number of benzene rings is 2. The summed E-state index contributed by atoms with van der Waals surface area (Å²) in [5, 5.41) is 2.55. The van der Waals surface area contributed by atoms with Gasteiger partial charge in [-0.25, -0.2) is 0 Å². The molecule has 8 heteroatoms. The second kappa shape index (κ2) is 9.45. The maximum Gasteiger partial charge on any atom is 0.398 e. The fourth-order valence-corrected chi connectivity index (χ4v) is 2.90. The van der Waals surface area contributed by atoms with Gasteiger partial charge in [-0.2, -0.15) is 13.2 Å². The highest BCUT2D eigenvalue weighted by molar-refractivity contribution is 7.99. The maximum absolute atomic E-state index is 12.4. The van der Waals surface area contributed by atoms with Gasteiger partial charge in [-0.1, -0.05) is 19.1 Å². The zero-order valence-corrected chi connectivity index (χ0v) is 15.3. The number of amides is 1. The summed E-state index contributed by atoms with van der Waals surface area (Å²) >= 11 is 0.604. The molecule has 0 fully saturated rings. The van der Waals surface area contributed by atoms with Crippen molar-refractivity contribution in [3.8, 4) is 5.75 Å². The topological polar surface area (TPSA) is 55.4 Å². The summed E-state index contributed by atoms with van der Waals surface area (Å²) in [5.74, 6) is -1.12. The van der Waals surface area contributed by atoms with E-state index in [1.54, 1.807) is 43.3 Å². The lowest BCUT2D eigenvalue weighted by atomic mass is 10.1. The van der Waals surface area contributed by atoms with Crippen LogP contribution in [0.2, 0.25) is 0 Å². The van der Waals surface area contributed by atoms with Gasteiger partial charge in [0.25, 0.3) is 5.91 Å². The highest BCUT2D eigenvalue weighted by Crippen LogP contribution is 2.32. The van der Waals surface area contributed by atoms with Crippen LogP contribution in [0, 0.1) is 0 Å². The Morgan fingerprint density at radius 1 is 1.07 bits per heavy atom. The number of hydrogen-bond acceptors (Lipinski definition) is 4. The van der Waals surface area contributed by atoms with Crippen LogP contribution >= 0.6 is 11.8 Å². The lowest BCUT2D eigenvalue weighted by Crippen LogP contribution is -2.20. The number of halogens is 3. The van der Waals surface area contributed by atoms with Crippen LogP contribution in [0.25, 0.3) is 0 Å². The Morgan fingerprint density at radius 2 is 1.74 bits per heavy atom. The van der Waals surface area contributed by atoms with E-state index in [4.69, 9.17) is 4.74 Å². The average molecular weight is 397 g/mol. The van der Waals surface area contributed by atoms with Crippen LogP contribution in [0.1, 0.15) is 23.7 Å². The standard InChI is InChI=1S/C19H18F3NO3S/c1-2-16(24)13-7-9-14(10-8-13)26-11-18(25)23-15-5-3-4-6-17(15)27-12-19(20,21)22/h3-10H,2,11-12H2,1H3,(H,23,25). The highest BCUT2D eigenvalue weighted by Gasteiger charge is 2.27. The molecule has 2 aromatic carbocycles. The Labute approximate surface area is 159 Å². The molecule has 2 aromatic rings. The third-order valence-corrected chi connectivity index (χ3v) is 4.56. The SMILES string of the molecule is CCC(=O)c1ccc(OCC(=O)Nc2ccccc2SCC(F)(F)F)cc1. The number of alkyl halides is 3. The number of anilines is 1. The summed E-state index contributed by atoms with van der Waals surface area (Å²) in [5.41, 5.74) is 0.856. The summed E-state index contributed by atoms with van der Waals surface area (Å²) in [6, 6.07) is 12.7. The lowest BCUT2D eigenvalue weighted by molar-refractivity contribution is -0.118. The number of para-hydroxylation sites is 1. The van der Waals surface area contributed by atoms with Crippen molar-refractivity contribution in [3.05, 3.63) is 54.1 Å². The molecule has 0 unspecified atom stereocenters. The van der Waals surface area contributed by atoms with Crippen molar-refractivity contribution in [1.29, 1.82) is 0 Å². The highest BCUT2D eigenvalue weighted by atomic mass is 32.2. The van der Waals surface area contributed by atoms with Crippen LogP contribution in [0.15, 0.2) is 53.4 Å². The number of ether oxygens (including phenoxy) is 1. The molecule has 4 nitrogen and oxygen atoms in total. The van der Waals surface area contributed by atoms with Gasteiger partial charge in [0.05, 0.1) is 11.4 Å². The fraction of sp³-hybridized carbons (Fsp3) is 0.263. The summed E-state index contributed by atoms with van der Waals surface area (Å²) in [7, 11) is 0. The van der Waals surface area contributed by atoms with Gasteiger partial charge in [-0.15, -0.1) is 11.8 Å². The van der Waals surface area contributed by atoms with Gasteiger partial charge in [-0.05, 0) is 36.4 Å². The molecule has 0 radical (unpaired) electrons. The fourth-order valence-electron chi connectivity index (χ4n) is 2.13. The Kier molecular flexibility index (Phi) is 7.29. The molecule has 0 spiro atoms. The number of carbonyl (C=O) groups excluding carboxylic acids is 2. The zero-order valence-electron chi connectivity index (χ0n) is 14.5. The predicted molar refractivity (Wildman–Crippen MR) is 98.4 cm³/mol. The molecule has 0 aliphatic carbocycles. The minimum absolute atomic E-state index is 0.00672. The van der Waals surface area contributed by atoms with Crippen molar-refractivity contribution < 1.29 is 27.5 Å². The molecule has 0 heterocycles. The van der Waals surface area contributed by atoms with Gasteiger partial charge in [0.1, 0.15) is 5.75 Å². The second-order valence-corrected chi connectivity index (χ2v) is 6.56. The number of thioether (sulfide) groups is 1. The first kappa shape index (κ1) is 20.8. The van der Waals surface area contributed by atoms with E-state index >= 15 is 0 Å². The quantitative estimate of drug-likeness (QED) is 0.506. The molecular weight excluding hydrogens is 379 g/mol. The van der Waals surface area contributed by atoms with E-state index in [-0.39, 0.29) is 12.4 Å². The molecule has 27 heavy (non-hydrogen) atoms. The molecule has 0 aromatic heterocycles.